The van der Waals surface area contributed by atoms with Crippen molar-refractivity contribution in [3.63, 3.8) is 0 Å². The molecule has 38 heavy (non-hydrogen) atoms. The highest BCUT2D eigenvalue weighted by molar-refractivity contribution is 5.68. The second-order valence-corrected chi connectivity index (χ2v) is 10.3. The molecule has 0 radical (unpaired) electrons. The minimum atomic E-state index is -0.224. The Morgan fingerprint density at radius 1 is 0.553 bits per heavy atom. The van der Waals surface area contributed by atoms with Gasteiger partial charge in [-0.2, -0.15) is 0 Å². The number of hydrogen-bond acceptors (Lipinski definition) is 4. The van der Waals surface area contributed by atoms with Crippen molar-refractivity contribution in [1.82, 2.24) is 9.80 Å². The lowest BCUT2D eigenvalue weighted by atomic mass is 9.85. The molecule has 0 atom stereocenters. The quantitative estimate of drug-likeness (QED) is 0.368. The molecule has 3 aromatic rings. The SMILES string of the molecule is O=C(OCc1ccccc1)N1CCC(c2ccc(C3CCN(C(=O)OCc4ccccc4)CC3)cc2)CC1. The van der Waals surface area contributed by atoms with Crippen LogP contribution in [0.4, 0.5) is 9.59 Å². The number of ether oxygens (including phenoxy) is 2. The fourth-order valence-corrected chi connectivity index (χ4v) is 5.45. The molecule has 0 unspecified atom stereocenters. The summed E-state index contributed by atoms with van der Waals surface area (Å²) in [5.74, 6) is 0.923. The summed E-state index contributed by atoms with van der Waals surface area (Å²) in [6, 6.07) is 28.6. The first kappa shape index (κ1) is 25.8. The molecule has 0 bridgehead atoms. The van der Waals surface area contributed by atoms with Crippen LogP contribution in [0, 0.1) is 0 Å². The molecule has 2 aliphatic heterocycles. The lowest BCUT2D eigenvalue weighted by Gasteiger charge is -2.33. The van der Waals surface area contributed by atoms with Crippen molar-refractivity contribution in [3.8, 4) is 0 Å². The fourth-order valence-electron chi connectivity index (χ4n) is 5.45. The van der Waals surface area contributed by atoms with Gasteiger partial charge >= 0.3 is 12.2 Å². The van der Waals surface area contributed by atoms with Crippen molar-refractivity contribution in [3.05, 3.63) is 107 Å². The molecule has 2 heterocycles. The number of carbonyl (C=O) groups excluding carboxylic acids is 2. The first-order valence-electron chi connectivity index (χ1n) is 13.7. The van der Waals surface area contributed by atoms with Crippen molar-refractivity contribution >= 4 is 12.2 Å². The standard InChI is InChI=1S/C32H36N2O4/c35-31(37-23-25-7-3-1-4-8-25)33-19-15-29(16-20-33)27-11-13-28(14-12-27)30-17-21-34(22-18-30)32(36)38-24-26-9-5-2-6-10-26/h1-14,29-30H,15-24H2. The third-order valence-electron chi connectivity index (χ3n) is 7.80. The monoisotopic (exact) mass is 512 g/mol. The molecule has 2 amide bonds. The molecule has 0 aliphatic carbocycles. The zero-order chi connectivity index (χ0) is 26.2. The van der Waals surface area contributed by atoms with Crippen molar-refractivity contribution in [2.24, 2.45) is 0 Å². The Morgan fingerprint density at radius 2 is 0.895 bits per heavy atom. The average molecular weight is 513 g/mol. The van der Waals surface area contributed by atoms with Crippen LogP contribution in [-0.2, 0) is 22.7 Å². The molecule has 0 aromatic heterocycles. The van der Waals surface area contributed by atoms with Gasteiger partial charge in [-0.1, -0.05) is 84.9 Å². The number of carbonyl (C=O) groups is 2. The van der Waals surface area contributed by atoms with Crippen molar-refractivity contribution in [2.75, 3.05) is 26.2 Å². The molecule has 5 rings (SSSR count). The first-order chi connectivity index (χ1) is 18.7. The van der Waals surface area contributed by atoms with E-state index in [1.165, 1.54) is 11.1 Å². The Balaban J connectivity index is 1.04. The van der Waals surface area contributed by atoms with Crippen LogP contribution in [0.25, 0.3) is 0 Å². The summed E-state index contributed by atoms with van der Waals surface area (Å²) in [5.41, 5.74) is 4.69. The lowest BCUT2D eigenvalue weighted by Crippen LogP contribution is -2.38. The number of piperidine rings is 2. The van der Waals surface area contributed by atoms with Crippen LogP contribution in [0.5, 0.6) is 0 Å². The van der Waals surface area contributed by atoms with Gasteiger partial charge in [0.25, 0.3) is 0 Å². The molecule has 6 heteroatoms. The van der Waals surface area contributed by atoms with E-state index in [0.29, 0.717) is 25.0 Å². The van der Waals surface area contributed by atoms with E-state index < -0.39 is 0 Å². The van der Waals surface area contributed by atoms with Gasteiger partial charge in [0.15, 0.2) is 0 Å². The zero-order valence-electron chi connectivity index (χ0n) is 21.8. The van der Waals surface area contributed by atoms with Gasteiger partial charge in [0.1, 0.15) is 13.2 Å². The van der Waals surface area contributed by atoms with Crippen LogP contribution in [0.2, 0.25) is 0 Å². The van der Waals surface area contributed by atoms with Crippen LogP contribution in [0.1, 0.15) is 59.8 Å². The molecule has 0 N–H and O–H groups in total. The normalized spacial score (nSPS) is 16.7. The number of nitrogens with zero attached hydrogens (tertiary/aromatic N) is 2. The maximum absolute atomic E-state index is 12.5. The van der Waals surface area contributed by atoms with E-state index in [2.05, 4.69) is 24.3 Å². The molecular weight excluding hydrogens is 476 g/mol. The van der Waals surface area contributed by atoms with Crippen LogP contribution in [-0.4, -0.2) is 48.2 Å². The molecule has 3 aromatic carbocycles. The van der Waals surface area contributed by atoms with Crippen LogP contribution >= 0.6 is 0 Å². The molecule has 198 valence electrons. The summed E-state index contributed by atoms with van der Waals surface area (Å²) in [5, 5.41) is 0. The predicted molar refractivity (Wildman–Crippen MR) is 147 cm³/mol. The topological polar surface area (TPSA) is 59.1 Å². The Bertz CT molecular complexity index is 1070. The summed E-state index contributed by atoms with van der Waals surface area (Å²) in [7, 11) is 0. The van der Waals surface area contributed by atoms with E-state index in [0.717, 1.165) is 63.0 Å². The Hall–Kier alpha value is -3.80. The average Bonchev–Trinajstić information content (AvgIpc) is 3.00. The van der Waals surface area contributed by atoms with E-state index in [1.54, 1.807) is 0 Å². The molecule has 0 spiro atoms. The van der Waals surface area contributed by atoms with Gasteiger partial charge in [-0.25, -0.2) is 9.59 Å². The predicted octanol–water partition coefficient (Wildman–Crippen LogP) is 6.72. The molecule has 2 aliphatic rings. The van der Waals surface area contributed by atoms with Gasteiger partial charge in [-0.15, -0.1) is 0 Å². The Morgan fingerprint density at radius 3 is 1.24 bits per heavy atom. The van der Waals surface area contributed by atoms with E-state index in [1.807, 2.05) is 70.5 Å². The number of hydrogen-bond donors (Lipinski definition) is 0. The van der Waals surface area contributed by atoms with E-state index in [4.69, 9.17) is 9.47 Å². The van der Waals surface area contributed by atoms with Gasteiger partial charge in [-0.3, -0.25) is 0 Å². The number of benzene rings is 3. The van der Waals surface area contributed by atoms with E-state index >= 15 is 0 Å². The zero-order valence-corrected chi connectivity index (χ0v) is 21.8. The summed E-state index contributed by atoms with van der Waals surface area (Å²) >= 11 is 0. The minimum absolute atomic E-state index is 0.224. The largest absolute Gasteiger partial charge is 0.445 e. The minimum Gasteiger partial charge on any atom is -0.445 e. The maximum atomic E-state index is 12.5. The Labute approximate surface area is 225 Å². The van der Waals surface area contributed by atoms with Crippen LogP contribution in [0.15, 0.2) is 84.9 Å². The molecule has 2 fully saturated rings. The molecule has 0 saturated carbocycles. The van der Waals surface area contributed by atoms with E-state index in [9.17, 15) is 9.59 Å². The highest BCUT2D eigenvalue weighted by Crippen LogP contribution is 2.32. The van der Waals surface area contributed by atoms with Gasteiger partial charge in [0, 0.05) is 26.2 Å². The third kappa shape index (κ3) is 6.74. The summed E-state index contributed by atoms with van der Waals surface area (Å²) in [6.45, 7) is 3.51. The number of rotatable bonds is 6. The maximum Gasteiger partial charge on any atom is 0.410 e. The lowest BCUT2D eigenvalue weighted by molar-refractivity contribution is 0.0862. The van der Waals surface area contributed by atoms with Crippen molar-refractivity contribution in [1.29, 1.82) is 0 Å². The second-order valence-electron chi connectivity index (χ2n) is 10.3. The summed E-state index contributed by atoms with van der Waals surface area (Å²) < 4.78 is 11.0. The van der Waals surface area contributed by atoms with Gasteiger partial charge < -0.3 is 19.3 Å². The van der Waals surface area contributed by atoms with Crippen LogP contribution in [0.3, 0.4) is 0 Å². The van der Waals surface area contributed by atoms with Crippen molar-refractivity contribution < 1.29 is 19.1 Å². The van der Waals surface area contributed by atoms with Gasteiger partial charge in [0.2, 0.25) is 0 Å². The van der Waals surface area contributed by atoms with E-state index in [-0.39, 0.29) is 12.2 Å². The van der Waals surface area contributed by atoms with Gasteiger partial charge in [0.05, 0.1) is 0 Å². The first-order valence-corrected chi connectivity index (χ1v) is 13.7. The highest BCUT2D eigenvalue weighted by Gasteiger charge is 2.27. The Kier molecular flexibility index (Phi) is 8.59. The third-order valence-corrected chi connectivity index (χ3v) is 7.80. The number of amides is 2. The van der Waals surface area contributed by atoms with Crippen LogP contribution < -0.4 is 0 Å². The molecule has 6 nitrogen and oxygen atoms in total. The smallest absolute Gasteiger partial charge is 0.410 e. The summed E-state index contributed by atoms with van der Waals surface area (Å²) in [6.07, 6.45) is 3.34. The fraction of sp³-hybridized carbons (Fsp3) is 0.375. The van der Waals surface area contributed by atoms with Crippen molar-refractivity contribution in [2.45, 2.75) is 50.7 Å². The second kappa shape index (κ2) is 12.6. The molecular formula is C32H36N2O4. The summed E-state index contributed by atoms with van der Waals surface area (Å²) in [4.78, 5) is 28.6. The highest BCUT2D eigenvalue weighted by atomic mass is 16.6. The number of likely N-dealkylation sites (tertiary alicyclic amines) is 2. The molecule has 2 saturated heterocycles. The van der Waals surface area contributed by atoms with Gasteiger partial charge in [-0.05, 0) is 59.8 Å².